The maximum Gasteiger partial charge on any atom is 0.236 e. The number of thiazole rings is 1. The van der Waals surface area contributed by atoms with Gasteiger partial charge in [0.15, 0.2) is 16.1 Å². The van der Waals surface area contributed by atoms with Crippen molar-refractivity contribution in [3.05, 3.63) is 53.3 Å². The molecule has 0 aliphatic rings. The Kier molecular flexibility index (Phi) is 6.59. The molecule has 0 saturated heterocycles. The highest BCUT2D eigenvalue weighted by Crippen LogP contribution is 2.29. The number of carbonyl (C=O) groups excluding carboxylic acids is 1. The molecule has 0 spiro atoms. The second-order valence-electron chi connectivity index (χ2n) is 6.39. The van der Waals surface area contributed by atoms with Crippen molar-refractivity contribution >= 4 is 56.0 Å². The third-order valence-electron chi connectivity index (χ3n) is 4.28. The van der Waals surface area contributed by atoms with Crippen LogP contribution >= 0.6 is 34.7 Å². The molecule has 4 aromatic rings. The van der Waals surface area contributed by atoms with Gasteiger partial charge in [-0.25, -0.2) is 4.98 Å². The summed E-state index contributed by atoms with van der Waals surface area (Å²) in [6.07, 6.45) is 0. The largest absolute Gasteiger partial charge is 0.497 e. The number of halogens is 1. The van der Waals surface area contributed by atoms with Crippen molar-refractivity contribution in [3.63, 3.8) is 0 Å². The van der Waals surface area contributed by atoms with E-state index in [4.69, 9.17) is 21.1 Å². The normalized spacial score (nSPS) is 10.9. The van der Waals surface area contributed by atoms with E-state index < -0.39 is 0 Å². The summed E-state index contributed by atoms with van der Waals surface area (Å²) >= 11 is 8.57. The molecule has 2 aromatic heterocycles. The van der Waals surface area contributed by atoms with E-state index in [1.165, 1.54) is 23.1 Å². The van der Waals surface area contributed by atoms with Crippen LogP contribution in [0, 0.1) is 0 Å². The minimum absolute atomic E-state index is 0.169. The number of hydrogen-bond donors (Lipinski definition) is 1. The number of nitrogens with zero attached hydrogens (tertiary/aromatic N) is 4. The number of hydrogen-bond acceptors (Lipinski definition) is 8. The lowest BCUT2D eigenvalue weighted by Crippen LogP contribution is -2.14. The summed E-state index contributed by atoms with van der Waals surface area (Å²) in [6.45, 7) is 0.257. The standard InChI is InChI=1S/C20H18ClN5O3S2/c1-26-17(10-29-13-5-3-12(21)4-6-13)24-25-20(26)30-11-18(27)23-19-22-15-8-7-14(28-2)9-16(15)31-19/h3-9H,10-11H2,1-2H3,(H,22,23,27). The monoisotopic (exact) mass is 475 g/mol. The van der Waals surface area contributed by atoms with Gasteiger partial charge in [-0.2, -0.15) is 0 Å². The Morgan fingerprint density at radius 2 is 1.97 bits per heavy atom. The van der Waals surface area contributed by atoms with E-state index in [1.54, 1.807) is 35.9 Å². The highest BCUT2D eigenvalue weighted by molar-refractivity contribution is 7.99. The van der Waals surface area contributed by atoms with Crippen molar-refractivity contribution in [3.8, 4) is 11.5 Å². The quantitative estimate of drug-likeness (QED) is 0.378. The molecule has 1 amide bonds. The molecule has 2 heterocycles. The molecule has 0 radical (unpaired) electrons. The Morgan fingerprint density at radius 1 is 1.19 bits per heavy atom. The summed E-state index contributed by atoms with van der Waals surface area (Å²) in [5, 5.41) is 12.9. The van der Waals surface area contributed by atoms with Crippen LogP contribution in [0.25, 0.3) is 10.2 Å². The molecule has 31 heavy (non-hydrogen) atoms. The first-order chi connectivity index (χ1) is 15.0. The highest BCUT2D eigenvalue weighted by Gasteiger charge is 2.14. The summed E-state index contributed by atoms with van der Waals surface area (Å²) in [7, 11) is 3.45. The molecule has 0 fully saturated rings. The summed E-state index contributed by atoms with van der Waals surface area (Å²) in [5.41, 5.74) is 0.812. The molecular weight excluding hydrogens is 458 g/mol. The van der Waals surface area contributed by atoms with E-state index in [0.717, 1.165) is 16.0 Å². The lowest BCUT2D eigenvalue weighted by molar-refractivity contribution is -0.113. The minimum Gasteiger partial charge on any atom is -0.497 e. The van der Waals surface area contributed by atoms with Crippen molar-refractivity contribution in [2.45, 2.75) is 11.8 Å². The van der Waals surface area contributed by atoms with E-state index in [-0.39, 0.29) is 18.3 Å². The zero-order valence-electron chi connectivity index (χ0n) is 16.7. The van der Waals surface area contributed by atoms with Gasteiger partial charge in [-0.3, -0.25) is 4.79 Å². The molecule has 11 heteroatoms. The van der Waals surface area contributed by atoms with Crippen LogP contribution in [-0.2, 0) is 18.4 Å². The Bertz CT molecular complexity index is 1210. The zero-order chi connectivity index (χ0) is 21.8. The van der Waals surface area contributed by atoms with Crippen molar-refractivity contribution < 1.29 is 14.3 Å². The van der Waals surface area contributed by atoms with Crippen LogP contribution in [0.2, 0.25) is 5.02 Å². The lowest BCUT2D eigenvalue weighted by atomic mass is 10.3. The van der Waals surface area contributed by atoms with Gasteiger partial charge in [0.05, 0.1) is 23.1 Å². The molecule has 0 aliphatic heterocycles. The second kappa shape index (κ2) is 9.54. The maximum atomic E-state index is 12.4. The van der Waals surface area contributed by atoms with Gasteiger partial charge in [0, 0.05) is 12.1 Å². The summed E-state index contributed by atoms with van der Waals surface area (Å²) in [6, 6.07) is 12.7. The third-order valence-corrected chi connectivity index (χ3v) is 6.49. The number of thioether (sulfide) groups is 1. The molecule has 0 unspecified atom stereocenters. The van der Waals surface area contributed by atoms with Gasteiger partial charge in [-0.05, 0) is 42.5 Å². The number of methoxy groups -OCH3 is 1. The van der Waals surface area contributed by atoms with E-state index in [2.05, 4.69) is 20.5 Å². The highest BCUT2D eigenvalue weighted by atomic mass is 35.5. The van der Waals surface area contributed by atoms with Crippen LogP contribution < -0.4 is 14.8 Å². The lowest BCUT2D eigenvalue weighted by Gasteiger charge is -2.06. The van der Waals surface area contributed by atoms with Gasteiger partial charge < -0.3 is 19.4 Å². The maximum absolute atomic E-state index is 12.4. The molecule has 4 rings (SSSR count). The van der Waals surface area contributed by atoms with Gasteiger partial charge in [0.2, 0.25) is 5.91 Å². The number of benzene rings is 2. The second-order valence-corrected chi connectivity index (χ2v) is 8.80. The Hall–Kier alpha value is -2.82. The molecule has 2 aromatic carbocycles. The summed E-state index contributed by atoms with van der Waals surface area (Å²) in [4.78, 5) is 16.8. The number of carbonyl (C=O) groups is 1. The molecule has 0 aliphatic carbocycles. The number of aromatic nitrogens is 4. The van der Waals surface area contributed by atoms with E-state index in [9.17, 15) is 4.79 Å². The van der Waals surface area contributed by atoms with Crippen LogP contribution in [0.3, 0.4) is 0 Å². The van der Waals surface area contributed by atoms with Gasteiger partial charge >= 0.3 is 0 Å². The van der Waals surface area contributed by atoms with Crippen LogP contribution in [0.4, 0.5) is 5.13 Å². The minimum atomic E-state index is -0.169. The topological polar surface area (TPSA) is 91.2 Å². The van der Waals surface area contributed by atoms with Crippen LogP contribution in [0.15, 0.2) is 47.6 Å². The van der Waals surface area contributed by atoms with Crippen molar-refractivity contribution in [2.75, 3.05) is 18.2 Å². The average molecular weight is 476 g/mol. The van der Waals surface area contributed by atoms with E-state index >= 15 is 0 Å². The van der Waals surface area contributed by atoms with Crippen LogP contribution in [0.5, 0.6) is 11.5 Å². The third kappa shape index (κ3) is 5.27. The fourth-order valence-electron chi connectivity index (χ4n) is 2.65. The van der Waals surface area contributed by atoms with Gasteiger partial charge in [0.1, 0.15) is 18.1 Å². The Labute approximate surface area is 191 Å². The fourth-order valence-corrected chi connectivity index (χ4v) is 4.41. The van der Waals surface area contributed by atoms with Gasteiger partial charge in [0.25, 0.3) is 0 Å². The molecule has 1 N–H and O–H groups in total. The molecule has 0 bridgehead atoms. The SMILES string of the molecule is COc1ccc2nc(NC(=O)CSc3nnc(COc4ccc(Cl)cc4)n3C)sc2c1. The van der Waals surface area contributed by atoms with Crippen LogP contribution in [-0.4, -0.2) is 38.5 Å². The Balaban J connectivity index is 1.31. The first-order valence-corrected chi connectivity index (χ1v) is 11.3. The molecule has 160 valence electrons. The number of rotatable bonds is 8. The average Bonchev–Trinajstić information content (AvgIpc) is 3.33. The number of amides is 1. The summed E-state index contributed by atoms with van der Waals surface area (Å²) < 4.78 is 13.7. The van der Waals surface area contributed by atoms with E-state index in [0.29, 0.717) is 26.9 Å². The predicted octanol–water partition coefficient (Wildman–Crippen LogP) is 4.40. The smallest absolute Gasteiger partial charge is 0.236 e. The fraction of sp³-hybridized carbons (Fsp3) is 0.200. The summed E-state index contributed by atoms with van der Waals surface area (Å²) in [5.74, 6) is 2.11. The van der Waals surface area contributed by atoms with Crippen LogP contribution in [0.1, 0.15) is 5.82 Å². The molecular formula is C20H18ClN5O3S2. The first-order valence-electron chi connectivity index (χ1n) is 9.15. The van der Waals surface area contributed by atoms with Crippen molar-refractivity contribution in [1.29, 1.82) is 0 Å². The van der Waals surface area contributed by atoms with Gasteiger partial charge in [-0.15, -0.1) is 10.2 Å². The predicted molar refractivity (Wildman–Crippen MR) is 122 cm³/mol. The van der Waals surface area contributed by atoms with E-state index in [1.807, 2.05) is 25.2 Å². The first kappa shape index (κ1) is 21.4. The van der Waals surface area contributed by atoms with Crippen molar-refractivity contribution in [1.82, 2.24) is 19.7 Å². The van der Waals surface area contributed by atoms with Crippen molar-refractivity contribution in [2.24, 2.45) is 7.05 Å². The number of ether oxygens (including phenoxy) is 2. The molecule has 0 atom stereocenters. The Morgan fingerprint density at radius 3 is 2.74 bits per heavy atom. The zero-order valence-corrected chi connectivity index (χ0v) is 19.1. The molecule has 8 nitrogen and oxygen atoms in total. The molecule has 0 saturated carbocycles. The van der Waals surface area contributed by atoms with Gasteiger partial charge in [-0.1, -0.05) is 34.7 Å². The number of anilines is 1. The number of fused-ring (bicyclic) bond motifs is 1. The number of nitrogens with one attached hydrogen (secondary N) is 1.